The van der Waals surface area contributed by atoms with Crippen molar-refractivity contribution < 1.29 is 9.59 Å². The van der Waals surface area contributed by atoms with E-state index in [1.165, 1.54) is 11.3 Å². The number of amides is 2. The number of anilines is 1. The summed E-state index contributed by atoms with van der Waals surface area (Å²) in [6.07, 6.45) is 0. The number of carbonyl (C=O) groups is 2. The van der Waals surface area contributed by atoms with Crippen LogP contribution in [0, 0.1) is 0 Å². The van der Waals surface area contributed by atoms with Crippen LogP contribution in [0.4, 0.5) is 5.69 Å². The molecule has 4 nitrogen and oxygen atoms in total. The Labute approximate surface area is 175 Å². The van der Waals surface area contributed by atoms with Gasteiger partial charge in [-0.25, -0.2) is 0 Å². The van der Waals surface area contributed by atoms with Gasteiger partial charge in [0.15, 0.2) is 0 Å². The number of fused-ring (bicyclic) bond motifs is 1. The van der Waals surface area contributed by atoms with Gasteiger partial charge in [-0.15, -0.1) is 11.3 Å². The van der Waals surface area contributed by atoms with E-state index in [0.29, 0.717) is 36.6 Å². The maximum Gasteiger partial charge on any atom is 0.267 e. The molecule has 3 rings (SSSR count). The van der Waals surface area contributed by atoms with Crippen molar-refractivity contribution >= 4 is 73.7 Å². The van der Waals surface area contributed by atoms with Crippen LogP contribution in [-0.2, 0) is 0 Å². The van der Waals surface area contributed by atoms with Gasteiger partial charge in [0.1, 0.15) is 4.88 Å². The average molecular weight is 442 g/mol. The molecule has 1 aromatic heterocycles. The van der Waals surface area contributed by atoms with E-state index < -0.39 is 0 Å². The molecule has 0 bridgehead atoms. The van der Waals surface area contributed by atoms with Gasteiger partial charge in [0.2, 0.25) is 0 Å². The SMILES string of the molecule is CC(C)NC(=O)c1ccc(NC(=O)c2sc3cc(Cl)cc(Cl)c3c2Cl)cc1. The first-order valence-electron chi connectivity index (χ1n) is 8.05. The Morgan fingerprint density at radius 1 is 1.00 bits per heavy atom. The molecule has 8 heteroatoms. The van der Waals surface area contributed by atoms with Crippen molar-refractivity contribution in [3.05, 3.63) is 61.9 Å². The van der Waals surface area contributed by atoms with Crippen LogP contribution in [0.5, 0.6) is 0 Å². The summed E-state index contributed by atoms with van der Waals surface area (Å²) in [5.74, 6) is -0.519. The van der Waals surface area contributed by atoms with E-state index in [2.05, 4.69) is 10.6 Å². The Balaban J connectivity index is 1.81. The smallest absolute Gasteiger partial charge is 0.267 e. The van der Waals surface area contributed by atoms with Gasteiger partial charge in [-0.1, -0.05) is 34.8 Å². The molecule has 0 spiro atoms. The molecule has 0 radical (unpaired) electrons. The monoisotopic (exact) mass is 440 g/mol. The summed E-state index contributed by atoms with van der Waals surface area (Å²) < 4.78 is 0.739. The summed E-state index contributed by atoms with van der Waals surface area (Å²) in [6, 6.07) is 9.99. The van der Waals surface area contributed by atoms with Gasteiger partial charge in [-0.2, -0.15) is 0 Å². The second-order valence-electron chi connectivity index (χ2n) is 6.17. The van der Waals surface area contributed by atoms with Gasteiger partial charge in [0.05, 0.1) is 10.0 Å². The molecule has 0 unspecified atom stereocenters. The van der Waals surface area contributed by atoms with Crippen molar-refractivity contribution in [1.29, 1.82) is 0 Å². The first kappa shape index (κ1) is 20.0. The van der Waals surface area contributed by atoms with Crippen LogP contribution in [0.2, 0.25) is 15.1 Å². The lowest BCUT2D eigenvalue weighted by Crippen LogP contribution is -2.29. The van der Waals surface area contributed by atoms with Gasteiger partial charge in [-0.3, -0.25) is 9.59 Å². The largest absolute Gasteiger partial charge is 0.350 e. The second kappa shape index (κ2) is 8.07. The number of benzene rings is 2. The molecule has 0 saturated heterocycles. The van der Waals surface area contributed by atoms with Crippen molar-refractivity contribution in [2.24, 2.45) is 0 Å². The Morgan fingerprint density at radius 3 is 2.30 bits per heavy atom. The first-order valence-corrected chi connectivity index (χ1v) is 10.0. The molecule has 140 valence electrons. The molecule has 2 amide bonds. The summed E-state index contributed by atoms with van der Waals surface area (Å²) in [5, 5.41) is 7.38. The fraction of sp³-hybridized carbons (Fsp3) is 0.158. The summed E-state index contributed by atoms with van der Waals surface area (Å²) in [7, 11) is 0. The maximum absolute atomic E-state index is 12.6. The molecule has 0 aliphatic rings. The molecule has 3 aromatic rings. The van der Waals surface area contributed by atoms with Gasteiger partial charge < -0.3 is 10.6 Å². The molecule has 0 aliphatic carbocycles. The normalized spacial score (nSPS) is 11.0. The fourth-order valence-corrected chi connectivity index (χ4v) is 4.77. The van der Waals surface area contributed by atoms with Gasteiger partial charge in [-0.05, 0) is 50.2 Å². The number of hydrogen-bond acceptors (Lipinski definition) is 3. The van der Waals surface area contributed by atoms with Gasteiger partial charge >= 0.3 is 0 Å². The van der Waals surface area contributed by atoms with Crippen LogP contribution in [0.3, 0.4) is 0 Å². The van der Waals surface area contributed by atoms with E-state index in [1.54, 1.807) is 36.4 Å². The van der Waals surface area contributed by atoms with E-state index in [-0.39, 0.29) is 17.9 Å². The van der Waals surface area contributed by atoms with Crippen LogP contribution in [0.15, 0.2) is 36.4 Å². The minimum Gasteiger partial charge on any atom is -0.350 e. The minimum atomic E-state index is -0.354. The highest BCUT2D eigenvalue weighted by Crippen LogP contribution is 2.41. The third kappa shape index (κ3) is 4.38. The predicted molar refractivity (Wildman–Crippen MR) is 114 cm³/mol. The molecule has 27 heavy (non-hydrogen) atoms. The highest BCUT2D eigenvalue weighted by Gasteiger charge is 2.20. The van der Waals surface area contributed by atoms with E-state index in [4.69, 9.17) is 34.8 Å². The van der Waals surface area contributed by atoms with Crippen molar-refractivity contribution in [3.8, 4) is 0 Å². The standard InChI is InChI=1S/C19H15Cl3N2O2S/c1-9(2)23-18(25)10-3-5-12(6-4-10)24-19(26)17-16(22)15-13(21)7-11(20)8-14(15)27-17/h3-9H,1-2H3,(H,23,25)(H,24,26). The third-order valence-corrected chi connectivity index (χ3v) is 5.82. The quantitative estimate of drug-likeness (QED) is 0.502. The topological polar surface area (TPSA) is 58.2 Å². The second-order valence-corrected chi connectivity index (χ2v) is 8.44. The molecule has 2 N–H and O–H groups in total. The van der Waals surface area contributed by atoms with Crippen molar-refractivity contribution in [1.82, 2.24) is 5.32 Å². The van der Waals surface area contributed by atoms with Crippen LogP contribution < -0.4 is 10.6 Å². The lowest BCUT2D eigenvalue weighted by Gasteiger charge is -2.09. The maximum atomic E-state index is 12.6. The first-order chi connectivity index (χ1) is 12.8. The van der Waals surface area contributed by atoms with E-state index in [0.717, 1.165) is 4.70 Å². The van der Waals surface area contributed by atoms with Crippen LogP contribution in [0.1, 0.15) is 33.9 Å². The Kier molecular flexibility index (Phi) is 5.96. The number of hydrogen-bond donors (Lipinski definition) is 2. The molecule has 0 atom stereocenters. The lowest BCUT2D eigenvalue weighted by atomic mass is 10.2. The lowest BCUT2D eigenvalue weighted by molar-refractivity contribution is 0.0942. The summed E-state index contributed by atoms with van der Waals surface area (Å²) in [5.41, 5.74) is 1.07. The zero-order chi connectivity index (χ0) is 19.7. The molecule has 1 heterocycles. The number of thiophene rings is 1. The Hall–Kier alpha value is -1.79. The molecule has 0 fully saturated rings. The molecule has 0 aliphatic heterocycles. The molecular weight excluding hydrogens is 427 g/mol. The van der Waals surface area contributed by atoms with Gasteiger partial charge in [0, 0.05) is 32.4 Å². The Morgan fingerprint density at radius 2 is 1.67 bits per heavy atom. The Bertz CT molecular complexity index is 1030. The fourth-order valence-electron chi connectivity index (χ4n) is 2.50. The zero-order valence-corrected chi connectivity index (χ0v) is 17.5. The summed E-state index contributed by atoms with van der Waals surface area (Å²) >= 11 is 19.8. The number of nitrogens with one attached hydrogen (secondary N) is 2. The van der Waals surface area contributed by atoms with Crippen molar-refractivity contribution in [2.45, 2.75) is 19.9 Å². The number of rotatable bonds is 4. The predicted octanol–water partition coefficient (Wildman–Crippen LogP) is 6.25. The highest BCUT2D eigenvalue weighted by molar-refractivity contribution is 7.21. The van der Waals surface area contributed by atoms with Crippen molar-refractivity contribution in [2.75, 3.05) is 5.32 Å². The van der Waals surface area contributed by atoms with Crippen molar-refractivity contribution in [3.63, 3.8) is 0 Å². The van der Waals surface area contributed by atoms with Crippen LogP contribution in [0.25, 0.3) is 10.1 Å². The van der Waals surface area contributed by atoms with Gasteiger partial charge in [0.25, 0.3) is 11.8 Å². The van der Waals surface area contributed by atoms with Crippen LogP contribution in [-0.4, -0.2) is 17.9 Å². The average Bonchev–Trinajstić information content (AvgIpc) is 2.91. The molecule has 0 saturated carbocycles. The van der Waals surface area contributed by atoms with E-state index in [9.17, 15) is 9.59 Å². The van der Waals surface area contributed by atoms with Crippen LogP contribution >= 0.6 is 46.1 Å². The summed E-state index contributed by atoms with van der Waals surface area (Å²) in [4.78, 5) is 24.9. The number of halogens is 3. The summed E-state index contributed by atoms with van der Waals surface area (Å²) in [6.45, 7) is 3.78. The minimum absolute atomic E-state index is 0.0484. The van der Waals surface area contributed by atoms with E-state index >= 15 is 0 Å². The third-order valence-electron chi connectivity index (χ3n) is 3.68. The molecule has 2 aromatic carbocycles. The van der Waals surface area contributed by atoms with E-state index in [1.807, 2.05) is 13.8 Å². The zero-order valence-electron chi connectivity index (χ0n) is 14.4. The highest BCUT2D eigenvalue weighted by atomic mass is 35.5. The number of carbonyl (C=O) groups excluding carboxylic acids is 2. The molecular formula is C19H15Cl3N2O2S.